The van der Waals surface area contributed by atoms with Crippen molar-refractivity contribution < 1.29 is 9.59 Å². The molecule has 0 atom stereocenters. The summed E-state index contributed by atoms with van der Waals surface area (Å²) in [6, 6.07) is 3.76. The molecule has 0 fully saturated rings. The number of unbranched alkanes of at least 4 members (excludes halogenated alkanes) is 2. The molecule has 122 valence electrons. The van der Waals surface area contributed by atoms with Crippen molar-refractivity contribution in [2.45, 2.75) is 47.0 Å². The molecule has 0 saturated heterocycles. The molecule has 1 aromatic carbocycles. The third kappa shape index (κ3) is 5.34. The molecule has 0 spiro atoms. The van der Waals surface area contributed by atoms with Gasteiger partial charge in [0.15, 0.2) is 0 Å². The Morgan fingerprint density at radius 2 is 1.91 bits per heavy atom. The van der Waals surface area contributed by atoms with Gasteiger partial charge in [-0.3, -0.25) is 9.59 Å². The first kappa shape index (κ1) is 18.5. The molecule has 5 heteroatoms. The lowest BCUT2D eigenvalue weighted by molar-refractivity contribution is -0.123. The van der Waals surface area contributed by atoms with E-state index in [1.165, 1.54) is 11.8 Å². The van der Waals surface area contributed by atoms with E-state index in [9.17, 15) is 9.59 Å². The molecule has 0 heterocycles. The van der Waals surface area contributed by atoms with E-state index in [4.69, 9.17) is 11.6 Å². The molecule has 0 aromatic heterocycles. The lowest BCUT2D eigenvalue weighted by Crippen LogP contribution is -2.40. The van der Waals surface area contributed by atoms with Gasteiger partial charge in [-0.25, -0.2) is 0 Å². The molecule has 0 aliphatic heterocycles. The number of nitrogens with zero attached hydrogens (tertiary/aromatic N) is 1. The monoisotopic (exact) mass is 324 g/mol. The van der Waals surface area contributed by atoms with E-state index >= 15 is 0 Å². The molecular formula is C17H25ClN2O2. The topological polar surface area (TPSA) is 49.4 Å². The highest BCUT2D eigenvalue weighted by molar-refractivity contribution is 6.34. The zero-order valence-corrected chi connectivity index (χ0v) is 14.6. The van der Waals surface area contributed by atoms with Gasteiger partial charge in [-0.1, -0.05) is 37.4 Å². The zero-order chi connectivity index (χ0) is 16.7. The number of amides is 2. The number of carbonyl (C=O) groups excluding carboxylic acids is 2. The molecular weight excluding hydrogens is 300 g/mol. The fourth-order valence-corrected chi connectivity index (χ4v) is 2.82. The van der Waals surface area contributed by atoms with Gasteiger partial charge in [0.1, 0.15) is 6.54 Å². The van der Waals surface area contributed by atoms with Crippen molar-refractivity contribution in [1.82, 2.24) is 5.32 Å². The van der Waals surface area contributed by atoms with Crippen LogP contribution in [0.25, 0.3) is 0 Å². The van der Waals surface area contributed by atoms with Crippen LogP contribution in [-0.2, 0) is 9.59 Å². The Labute approximate surface area is 137 Å². The Kier molecular flexibility index (Phi) is 7.39. The van der Waals surface area contributed by atoms with Crippen LogP contribution in [0.2, 0.25) is 5.02 Å². The van der Waals surface area contributed by atoms with Crippen LogP contribution in [0.15, 0.2) is 12.1 Å². The van der Waals surface area contributed by atoms with Gasteiger partial charge in [-0.05, 0) is 37.5 Å². The van der Waals surface area contributed by atoms with Crippen LogP contribution >= 0.6 is 11.6 Å². The highest BCUT2D eigenvalue weighted by Crippen LogP contribution is 2.31. The number of halogens is 1. The quantitative estimate of drug-likeness (QED) is 0.779. The Morgan fingerprint density at radius 3 is 2.45 bits per heavy atom. The zero-order valence-electron chi connectivity index (χ0n) is 13.8. The lowest BCUT2D eigenvalue weighted by atomic mass is 10.1. The number of nitrogens with one attached hydrogen (secondary N) is 1. The van der Waals surface area contributed by atoms with Crippen LogP contribution in [0.5, 0.6) is 0 Å². The predicted molar refractivity (Wildman–Crippen MR) is 91.5 cm³/mol. The second-order valence-electron chi connectivity index (χ2n) is 5.57. The summed E-state index contributed by atoms with van der Waals surface area (Å²) in [5.74, 6) is -0.361. The van der Waals surface area contributed by atoms with E-state index in [1.807, 2.05) is 19.9 Å². The number of hydrogen-bond acceptors (Lipinski definition) is 2. The number of anilines is 1. The van der Waals surface area contributed by atoms with Crippen molar-refractivity contribution in [2.75, 3.05) is 18.0 Å². The molecule has 2 amide bonds. The van der Waals surface area contributed by atoms with Gasteiger partial charge in [-0.15, -0.1) is 0 Å². The van der Waals surface area contributed by atoms with E-state index in [-0.39, 0.29) is 18.4 Å². The smallest absolute Gasteiger partial charge is 0.240 e. The maximum Gasteiger partial charge on any atom is 0.240 e. The molecule has 4 nitrogen and oxygen atoms in total. The normalized spacial score (nSPS) is 10.4. The Balaban J connectivity index is 2.83. The molecule has 1 aromatic rings. The number of carbonyl (C=O) groups is 2. The summed E-state index contributed by atoms with van der Waals surface area (Å²) < 4.78 is 0. The molecule has 1 N–H and O–H groups in total. The Hall–Kier alpha value is -1.55. The number of benzene rings is 1. The molecule has 1 rings (SSSR count). The fraction of sp³-hybridized carbons (Fsp3) is 0.529. The van der Waals surface area contributed by atoms with Gasteiger partial charge in [0.2, 0.25) is 11.8 Å². The number of rotatable bonds is 7. The SMILES string of the molecule is CCCCCNC(=O)CN(C(C)=O)c1c(C)cc(C)cc1Cl. The molecule has 0 radical (unpaired) electrons. The summed E-state index contributed by atoms with van der Waals surface area (Å²) in [6.07, 6.45) is 3.14. The first-order chi connectivity index (χ1) is 10.4. The summed E-state index contributed by atoms with van der Waals surface area (Å²) in [5, 5.41) is 3.34. The highest BCUT2D eigenvalue weighted by Gasteiger charge is 2.20. The van der Waals surface area contributed by atoms with E-state index in [1.54, 1.807) is 6.07 Å². The van der Waals surface area contributed by atoms with Gasteiger partial charge in [-0.2, -0.15) is 0 Å². The van der Waals surface area contributed by atoms with Crippen LogP contribution in [0, 0.1) is 13.8 Å². The minimum Gasteiger partial charge on any atom is -0.355 e. The largest absolute Gasteiger partial charge is 0.355 e. The average molecular weight is 325 g/mol. The predicted octanol–water partition coefficient (Wildman–Crippen LogP) is 3.62. The molecule has 0 bridgehead atoms. The van der Waals surface area contributed by atoms with Crippen LogP contribution in [0.3, 0.4) is 0 Å². The van der Waals surface area contributed by atoms with Gasteiger partial charge < -0.3 is 10.2 Å². The summed E-state index contributed by atoms with van der Waals surface area (Å²) in [5.41, 5.74) is 2.53. The van der Waals surface area contributed by atoms with Gasteiger partial charge in [0.25, 0.3) is 0 Å². The van der Waals surface area contributed by atoms with Crippen molar-refractivity contribution in [1.29, 1.82) is 0 Å². The molecule has 0 aliphatic carbocycles. The van der Waals surface area contributed by atoms with Crippen LogP contribution in [-0.4, -0.2) is 24.9 Å². The Bertz CT molecular complexity index is 520. The van der Waals surface area contributed by atoms with E-state index in [0.717, 1.165) is 30.4 Å². The van der Waals surface area contributed by atoms with E-state index in [2.05, 4.69) is 12.2 Å². The van der Waals surface area contributed by atoms with Gasteiger partial charge in [0, 0.05) is 13.5 Å². The standard InChI is InChI=1S/C17H25ClN2O2/c1-5-6-7-8-19-16(22)11-20(14(4)21)17-13(3)9-12(2)10-15(17)18/h9-10H,5-8,11H2,1-4H3,(H,19,22). The van der Waals surface area contributed by atoms with Crippen molar-refractivity contribution >= 4 is 29.1 Å². The average Bonchev–Trinajstić information content (AvgIpc) is 2.41. The lowest BCUT2D eigenvalue weighted by Gasteiger charge is -2.24. The maximum atomic E-state index is 12.0. The van der Waals surface area contributed by atoms with Crippen LogP contribution in [0.4, 0.5) is 5.69 Å². The highest BCUT2D eigenvalue weighted by atomic mass is 35.5. The minimum absolute atomic E-state index is 0.00885. The first-order valence-corrected chi connectivity index (χ1v) is 8.06. The third-order valence-electron chi connectivity index (χ3n) is 3.45. The fourth-order valence-electron chi connectivity index (χ4n) is 2.40. The van der Waals surface area contributed by atoms with Crippen molar-refractivity contribution in [2.24, 2.45) is 0 Å². The third-order valence-corrected chi connectivity index (χ3v) is 3.74. The first-order valence-electron chi connectivity index (χ1n) is 7.68. The van der Waals surface area contributed by atoms with Crippen molar-refractivity contribution in [3.63, 3.8) is 0 Å². The van der Waals surface area contributed by atoms with Crippen molar-refractivity contribution in [3.05, 3.63) is 28.3 Å². The number of hydrogen-bond donors (Lipinski definition) is 1. The summed E-state index contributed by atoms with van der Waals surface area (Å²) in [6.45, 7) is 8.02. The summed E-state index contributed by atoms with van der Waals surface area (Å²) in [7, 11) is 0. The Morgan fingerprint density at radius 1 is 1.23 bits per heavy atom. The van der Waals surface area contributed by atoms with Crippen LogP contribution < -0.4 is 10.2 Å². The summed E-state index contributed by atoms with van der Waals surface area (Å²) >= 11 is 6.28. The summed E-state index contributed by atoms with van der Waals surface area (Å²) in [4.78, 5) is 25.4. The second kappa shape index (κ2) is 8.79. The van der Waals surface area contributed by atoms with E-state index in [0.29, 0.717) is 17.3 Å². The molecule has 22 heavy (non-hydrogen) atoms. The second-order valence-corrected chi connectivity index (χ2v) is 5.98. The van der Waals surface area contributed by atoms with Crippen molar-refractivity contribution in [3.8, 4) is 0 Å². The maximum absolute atomic E-state index is 12.0. The molecule has 0 unspecified atom stereocenters. The van der Waals surface area contributed by atoms with E-state index < -0.39 is 0 Å². The van der Waals surface area contributed by atoms with Gasteiger partial charge >= 0.3 is 0 Å². The number of aryl methyl sites for hydroxylation is 2. The molecule has 0 aliphatic rings. The van der Waals surface area contributed by atoms with Crippen LogP contribution in [0.1, 0.15) is 44.2 Å². The minimum atomic E-state index is -0.197. The molecule has 0 saturated carbocycles. The van der Waals surface area contributed by atoms with Gasteiger partial charge in [0.05, 0.1) is 10.7 Å².